The van der Waals surface area contributed by atoms with E-state index in [2.05, 4.69) is 24.3 Å². The highest BCUT2D eigenvalue weighted by molar-refractivity contribution is 5.83. The molecule has 0 saturated carbocycles. The predicted molar refractivity (Wildman–Crippen MR) is 73.6 cm³/mol. The lowest BCUT2D eigenvalue weighted by Gasteiger charge is -2.06. The number of rotatable bonds is 7. The minimum absolute atomic E-state index is 0.538. The largest absolute Gasteiger partial charge is 0.494 e. The molecule has 0 unspecified atom stereocenters. The zero-order valence-electron chi connectivity index (χ0n) is 10.4. The Bertz CT molecular complexity index is 505. The first-order chi connectivity index (χ1) is 8.90. The van der Waals surface area contributed by atoms with Gasteiger partial charge in [-0.1, -0.05) is 30.3 Å². The molecular weight excluding hydrogens is 224 g/mol. The van der Waals surface area contributed by atoms with Gasteiger partial charge in [0.05, 0.1) is 6.61 Å². The Labute approximate surface area is 108 Å². The van der Waals surface area contributed by atoms with Crippen molar-refractivity contribution in [3.8, 4) is 5.75 Å². The van der Waals surface area contributed by atoms with Crippen molar-refractivity contribution in [3.05, 3.63) is 42.5 Å². The fraction of sp³-hybridized carbons (Fsp3) is 0.312. The highest BCUT2D eigenvalue weighted by Crippen LogP contribution is 2.20. The Kier molecular flexibility index (Phi) is 4.77. The van der Waals surface area contributed by atoms with Gasteiger partial charge in [-0.15, -0.1) is 0 Å². The summed E-state index contributed by atoms with van der Waals surface area (Å²) in [5.74, 6) is 0.913. The third-order valence-electron chi connectivity index (χ3n) is 2.91. The van der Waals surface area contributed by atoms with Gasteiger partial charge in [0, 0.05) is 6.42 Å². The molecule has 0 bridgehead atoms. The molecule has 0 N–H and O–H groups in total. The van der Waals surface area contributed by atoms with E-state index in [0.29, 0.717) is 13.0 Å². The second-order valence-corrected chi connectivity index (χ2v) is 4.31. The number of unbranched alkanes of at least 4 members (excludes halogenated alkanes) is 3. The minimum Gasteiger partial charge on any atom is -0.494 e. The Morgan fingerprint density at radius 2 is 1.78 bits per heavy atom. The molecule has 0 aliphatic heterocycles. The van der Waals surface area contributed by atoms with Crippen molar-refractivity contribution in [1.29, 1.82) is 0 Å². The average Bonchev–Trinajstić information content (AvgIpc) is 2.42. The van der Waals surface area contributed by atoms with Gasteiger partial charge in [-0.05, 0) is 42.2 Å². The molecule has 0 aliphatic rings. The van der Waals surface area contributed by atoms with Gasteiger partial charge in [-0.2, -0.15) is 0 Å². The monoisotopic (exact) mass is 241 g/mol. The Hall–Kier alpha value is -1.83. The fourth-order valence-corrected chi connectivity index (χ4v) is 1.92. The fourth-order valence-electron chi connectivity index (χ4n) is 1.92. The van der Waals surface area contributed by atoms with Crippen LogP contribution in [0.4, 0.5) is 0 Å². The molecule has 0 spiro atoms. The number of hydrogen-bond donors (Lipinski definition) is 0. The van der Waals surface area contributed by atoms with Crippen LogP contribution in [0.1, 0.15) is 25.7 Å². The number of ether oxygens (including phenoxy) is 1. The Morgan fingerprint density at radius 1 is 0.944 bits per heavy atom. The van der Waals surface area contributed by atoms with Crippen LogP contribution in [0.25, 0.3) is 10.8 Å². The van der Waals surface area contributed by atoms with Crippen molar-refractivity contribution < 1.29 is 9.53 Å². The van der Waals surface area contributed by atoms with E-state index in [1.165, 1.54) is 10.8 Å². The molecule has 0 aliphatic carbocycles. The van der Waals surface area contributed by atoms with Crippen LogP contribution in [0, 0.1) is 0 Å². The van der Waals surface area contributed by atoms with E-state index in [0.717, 1.165) is 25.0 Å². The summed E-state index contributed by atoms with van der Waals surface area (Å²) in [6, 6.07) is 14.4. The van der Waals surface area contributed by atoms with Crippen LogP contribution in [-0.2, 0) is 4.79 Å². The SMILES string of the molecule is O=[C]CCCCCOc1ccc2ccccc2c1. The highest BCUT2D eigenvalue weighted by Gasteiger charge is 1.97. The number of benzene rings is 2. The molecule has 0 aromatic heterocycles. The summed E-state index contributed by atoms with van der Waals surface area (Å²) in [6.45, 7) is 0.706. The third kappa shape index (κ3) is 3.59. The maximum absolute atomic E-state index is 10.0. The molecule has 0 atom stereocenters. The summed E-state index contributed by atoms with van der Waals surface area (Å²) < 4.78 is 5.70. The molecule has 2 aromatic rings. The van der Waals surface area contributed by atoms with Gasteiger partial charge >= 0.3 is 0 Å². The summed E-state index contributed by atoms with van der Waals surface area (Å²) in [5.41, 5.74) is 0. The number of fused-ring (bicyclic) bond motifs is 1. The second-order valence-electron chi connectivity index (χ2n) is 4.31. The van der Waals surface area contributed by atoms with Crippen molar-refractivity contribution in [1.82, 2.24) is 0 Å². The first-order valence-electron chi connectivity index (χ1n) is 6.37. The van der Waals surface area contributed by atoms with Crippen LogP contribution in [-0.4, -0.2) is 12.9 Å². The van der Waals surface area contributed by atoms with Crippen LogP contribution in [0.2, 0.25) is 0 Å². The molecule has 93 valence electrons. The maximum atomic E-state index is 10.0. The molecule has 18 heavy (non-hydrogen) atoms. The minimum atomic E-state index is 0.538. The molecule has 0 fully saturated rings. The van der Waals surface area contributed by atoms with E-state index in [4.69, 9.17) is 4.74 Å². The van der Waals surface area contributed by atoms with E-state index in [-0.39, 0.29) is 0 Å². The van der Waals surface area contributed by atoms with Crippen molar-refractivity contribution in [2.75, 3.05) is 6.61 Å². The highest BCUT2D eigenvalue weighted by atomic mass is 16.5. The van der Waals surface area contributed by atoms with Gasteiger partial charge < -0.3 is 4.74 Å². The molecule has 0 saturated heterocycles. The molecule has 2 nitrogen and oxygen atoms in total. The lowest BCUT2D eigenvalue weighted by atomic mass is 10.1. The lowest BCUT2D eigenvalue weighted by Crippen LogP contribution is -1.97. The quantitative estimate of drug-likeness (QED) is 0.687. The maximum Gasteiger partial charge on any atom is 0.198 e. The van der Waals surface area contributed by atoms with Crippen LogP contribution in [0.5, 0.6) is 5.75 Å². The van der Waals surface area contributed by atoms with E-state index >= 15 is 0 Å². The van der Waals surface area contributed by atoms with Crippen LogP contribution < -0.4 is 4.74 Å². The molecule has 1 radical (unpaired) electrons. The summed E-state index contributed by atoms with van der Waals surface area (Å²) >= 11 is 0. The van der Waals surface area contributed by atoms with E-state index < -0.39 is 0 Å². The van der Waals surface area contributed by atoms with Gasteiger partial charge in [0.2, 0.25) is 0 Å². The van der Waals surface area contributed by atoms with Crippen molar-refractivity contribution >= 4 is 17.1 Å². The van der Waals surface area contributed by atoms with Crippen molar-refractivity contribution in [2.45, 2.75) is 25.7 Å². The topological polar surface area (TPSA) is 26.3 Å². The number of carbonyl (C=O) groups excluding carboxylic acids is 1. The molecular formula is C16H17O2. The molecule has 2 rings (SSSR count). The summed E-state index contributed by atoms with van der Waals surface area (Å²) in [7, 11) is 0. The van der Waals surface area contributed by atoms with Gasteiger partial charge in [0.1, 0.15) is 5.75 Å². The smallest absolute Gasteiger partial charge is 0.198 e. The third-order valence-corrected chi connectivity index (χ3v) is 2.91. The summed E-state index contributed by atoms with van der Waals surface area (Å²) in [5, 5.41) is 2.43. The van der Waals surface area contributed by atoms with Gasteiger partial charge in [-0.3, -0.25) is 4.79 Å². The zero-order chi connectivity index (χ0) is 12.6. The molecule has 0 amide bonds. The average molecular weight is 241 g/mol. The molecule has 0 heterocycles. The van der Waals surface area contributed by atoms with Crippen molar-refractivity contribution in [3.63, 3.8) is 0 Å². The molecule has 2 heteroatoms. The Balaban J connectivity index is 1.82. The second kappa shape index (κ2) is 6.80. The Morgan fingerprint density at radius 3 is 2.61 bits per heavy atom. The standard InChI is InChI=1S/C16H17O2/c17-11-5-1-2-6-12-18-16-10-9-14-7-3-4-8-15(14)13-16/h3-4,7-10,13H,1-2,5-6,12H2. The normalized spacial score (nSPS) is 10.4. The predicted octanol–water partition coefficient (Wildman–Crippen LogP) is 3.89. The number of hydrogen-bond acceptors (Lipinski definition) is 2. The molecule has 2 aromatic carbocycles. The van der Waals surface area contributed by atoms with Gasteiger partial charge in [0.25, 0.3) is 0 Å². The van der Waals surface area contributed by atoms with Crippen LogP contribution in [0.3, 0.4) is 0 Å². The van der Waals surface area contributed by atoms with E-state index in [1.807, 2.05) is 24.5 Å². The lowest BCUT2D eigenvalue weighted by molar-refractivity contribution is 0.306. The zero-order valence-corrected chi connectivity index (χ0v) is 10.4. The summed E-state index contributed by atoms with van der Waals surface area (Å²) in [4.78, 5) is 10.0. The summed E-state index contributed by atoms with van der Waals surface area (Å²) in [6.07, 6.45) is 5.35. The van der Waals surface area contributed by atoms with E-state index in [9.17, 15) is 4.79 Å². The van der Waals surface area contributed by atoms with E-state index in [1.54, 1.807) is 0 Å². The van der Waals surface area contributed by atoms with Crippen LogP contribution >= 0.6 is 0 Å². The van der Waals surface area contributed by atoms with Gasteiger partial charge in [-0.25, -0.2) is 0 Å². The van der Waals surface area contributed by atoms with Crippen molar-refractivity contribution in [2.24, 2.45) is 0 Å². The first-order valence-corrected chi connectivity index (χ1v) is 6.37. The van der Waals surface area contributed by atoms with Gasteiger partial charge in [0.15, 0.2) is 6.29 Å². The van der Waals surface area contributed by atoms with Crippen LogP contribution in [0.15, 0.2) is 42.5 Å². The first kappa shape index (κ1) is 12.6.